The van der Waals surface area contributed by atoms with Gasteiger partial charge in [-0.15, -0.1) is 11.3 Å². The number of nitrogens with one attached hydrogen (secondary N) is 3. The van der Waals surface area contributed by atoms with E-state index in [4.69, 9.17) is 14.5 Å². The highest BCUT2D eigenvalue weighted by Gasteiger charge is 2.37. The maximum Gasteiger partial charge on any atom is 0.410 e. The minimum Gasteiger partial charge on any atom is -0.464 e. The Morgan fingerprint density at radius 1 is 0.892 bits per heavy atom. The Kier molecular flexibility index (Phi) is 11.2. The number of alkyl carbamates (subject to hydrolysis) is 1. The maximum atomic E-state index is 17.0. The van der Waals surface area contributed by atoms with Crippen molar-refractivity contribution in [1.82, 2.24) is 34.6 Å². The van der Waals surface area contributed by atoms with Gasteiger partial charge in [0.1, 0.15) is 29.5 Å². The van der Waals surface area contributed by atoms with E-state index in [9.17, 15) is 14.4 Å². The third-order valence-electron chi connectivity index (χ3n) is 13.5. The number of likely N-dealkylation sites (tertiary alicyclic amines) is 2. The van der Waals surface area contributed by atoms with E-state index < -0.39 is 23.7 Å². The van der Waals surface area contributed by atoms with Crippen molar-refractivity contribution in [3.63, 3.8) is 0 Å². The molecule has 65 heavy (non-hydrogen) atoms. The Morgan fingerprint density at radius 3 is 2.43 bits per heavy atom. The van der Waals surface area contributed by atoms with Crippen LogP contribution < -0.4 is 10.1 Å². The Bertz CT molecular complexity index is 2790. The summed E-state index contributed by atoms with van der Waals surface area (Å²) in [5.41, 5.74) is 6.56. The monoisotopic (exact) mass is 901 g/mol. The maximum absolute atomic E-state index is 17.0. The summed E-state index contributed by atoms with van der Waals surface area (Å²) in [6.45, 7) is 8.72. The third-order valence-corrected chi connectivity index (χ3v) is 14.8. The number of rotatable bonds is 9. The fourth-order valence-electron chi connectivity index (χ4n) is 10.4. The molecule has 3 N–H and O–H groups in total. The highest BCUT2D eigenvalue weighted by Crippen LogP contribution is 2.50. The predicted molar refractivity (Wildman–Crippen MR) is 247 cm³/mol. The molecule has 3 unspecified atom stereocenters. The van der Waals surface area contributed by atoms with Crippen LogP contribution in [0.25, 0.3) is 44.7 Å². The third kappa shape index (κ3) is 8.06. The Hall–Kier alpha value is -6.09. The lowest BCUT2D eigenvalue weighted by molar-refractivity contribution is -0.131. The van der Waals surface area contributed by atoms with E-state index >= 15 is 4.39 Å². The van der Waals surface area contributed by atoms with Crippen molar-refractivity contribution in [2.24, 2.45) is 0 Å². The highest BCUT2D eigenvalue weighted by atomic mass is 32.1. The average molecular weight is 902 g/mol. The van der Waals surface area contributed by atoms with Gasteiger partial charge in [0.25, 0.3) is 0 Å². The summed E-state index contributed by atoms with van der Waals surface area (Å²) in [7, 11) is 1.27. The first-order valence-corrected chi connectivity index (χ1v) is 23.8. The van der Waals surface area contributed by atoms with Crippen LogP contribution in [0.3, 0.4) is 0 Å². The summed E-state index contributed by atoms with van der Waals surface area (Å²) >= 11 is 1.78. The number of nitrogens with zero attached hydrogens (tertiary/aromatic N) is 4. The van der Waals surface area contributed by atoms with Crippen LogP contribution in [0.15, 0.2) is 60.8 Å². The molecule has 7 heterocycles. The molecule has 15 heteroatoms. The second kappa shape index (κ2) is 17.0. The molecule has 0 bridgehead atoms. The molecular weight excluding hydrogens is 846 g/mol. The molecule has 0 radical (unpaired) electrons. The lowest BCUT2D eigenvalue weighted by Crippen LogP contribution is -2.40. The standard InChI is InChI=1S/C50H56FN7O6S/c1-6-28-23-34(54-45(28)37-13-9-19-56(37)43(59)27-53-48(60)62-5)31-22-33(51)44-39-24-32-21-30(35-26-52-46(55-35)38-14-10-20-57(38)49(61)64-50(2,3)4)15-16-36(32)58(39)47(63-40(44)25-31)42-18-17-41(65-42)29-11-7-8-12-29/h15-18,21-26,29,37-38,47,54H,6-14,19-20,27H2,1-5H3,(H,52,55)(H,53,60). The minimum absolute atomic E-state index is 0.155. The van der Waals surface area contributed by atoms with Crippen LogP contribution in [-0.4, -0.2) is 79.8 Å². The van der Waals surface area contributed by atoms with Gasteiger partial charge in [0.05, 0.1) is 52.7 Å². The highest BCUT2D eigenvalue weighted by molar-refractivity contribution is 7.12. The zero-order chi connectivity index (χ0) is 45.1. The number of aromatic nitrogens is 4. The number of halogens is 1. The Labute approximate surface area is 381 Å². The number of aryl methyl sites for hydroxylation is 1. The molecule has 4 aliphatic rings. The molecule has 340 valence electrons. The van der Waals surface area contributed by atoms with Gasteiger partial charge < -0.3 is 34.4 Å². The number of methoxy groups -OCH3 is 1. The number of imidazole rings is 1. The van der Waals surface area contributed by atoms with Crippen molar-refractivity contribution in [1.29, 1.82) is 0 Å². The molecule has 1 aliphatic carbocycles. The topological polar surface area (TPSA) is 147 Å². The molecule has 13 nitrogen and oxygen atoms in total. The lowest BCUT2D eigenvalue weighted by Gasteiger charge is -2.30. The SMILES string of the molecule is CCc1cc(-c2cc(F)c3c(c2)OC(c2ccc(C4CCCC4)s2)n2c-3cc3cc(-c4cnc(C5CCCN5C(=O)OC(C)(C)C)[nH]4)ccc32)[nH]c1C1CCCN1C(=O)CNC(=O)OC. The number of amides is 3. The molecule has 1 saturated carbocycles. The molecule has 2 saturated heterocycles. The number of H-pyrrole nitrogens is 2. The molecule has 3 amide bonds. The first kappa shape index (κ1) is 42.8. The zero-order valence-electron chi connectivity index (χ0n) is 37.6. The Balaban J connectivity index is 1.00. The number of hydrogen-bond donors (Lipinski definition) is 3. The molecule has 3 atom stereocenters. The number of ether oxygens (including phenoxy) is 3. The number of carbonyl (C=O) groups is 3. The van der Waals surface area contributed by atoms with E-state index in [-0.39, 0.29) is 30.6 Å². The van der Waals surface area contributed by atoms with Crippen molar-refractivity contribution in [3.8, 4) is 39.5 Å². The number of benzene rings is 2. The van der Waals surface area contributed by atoms with Gasteiger partial charge in [0, 0.05) is 45.9 Å². The van der Waals surface area contributed by atoms with Crippen LogP contribution in [0, 0.1) is 5.82 Å². The van der Waals surface area contributed by atoms with E-state index in [0.717, 1.165) is 81.2 Å². The molecule has 4 aromatic heterocycles. The average Bonchev–Trinajstić information content (AvgIpc) is 4.14. The normalized spacial score (nSPS) is 19.7. The number of fused-ring (bicyclic) bond motifs is 5. The van der Waals surface area contributed by atoms with Crippen LogP contribution in [0.2, 0.25) is 0 Å². The summed E-state index contributed by atoms with van der Waals surface area (Å²) in [5.74, 6) is 1.14. The van der Waals surface area contributed by atoms with Crippen molar-refractivity contribution in [2.45, 2.75) is 115 Å². The first-order valence-electron chi connectivity index (χ1n) is 23.0. The van der Waals surface area contributed by atoms with E-state index in [2.05, 4.69) is 74.0 Å². The van der Waals surface area contributed by atoms with Crippen molar-refractivity contribution in [2.75, 3.05) is 26.7 Å². The van der Waals surface area contributed by atoms with Crippen molar-refractivity contribution >= 4 is 40.3 Å². The summed E-state index contributed by atoms with van der Waals surface area (Å²) in [4.78, 5) is 56.0. The first-order chi connectivity index (χ1) is 31.4. The fourth-order valence-corrected chi connectivity index (χ4v) is 11.6. The zero-order valence-corrected chi connectivity index (χ0v) is 38.4. The molecular formula is C50H56FN7O6S. The molecule has 3 aliphatic heterocycles. The van der Waals surface area contributed by atoms with Gasteiger partial charge in [-0.25, -0.2) is 19.0 Å². The van der Waals surface area contributed by atoms with Crippen LogP contribution in [-0.2, 0) is 20.7 Å². The van der Waals surface area contributed by atoms with Gasteiger partial charge in [0.2, 0.25) is 12.1 Å². The quantitative estimate of drug-likeness (QED) is 0.131. The van der Waals surface area contributed by atoms with Gasteiger partial charge >= 0.3 is 12.2 Å². The van der Waals surface area contributed by atoms with Crippen LogP contribution in [0.4, 0.5) is 14.0 Å². The number of aromatic amines is 2. The second-order valence-corrected chi connectivity index (χ2v) is 19.9. The molecule has 6 aromatic rings. The van der Waals surface area contributed by atoms with Crippen LogP contribution in [0.1, 0.15) is 130 Å². The number of thiophene rings is 1. The summed E-state index contributed by atoms with van der Waals surface area (Å²) < 4.78 is 36.5. The van der Waals surface area contributed by atoms with Gasteiger partial charge in [-0.05, 0) is 126 Å². The van der Waals surface area contributed by atoms with Gasteiger partial charge in [-0.1, -0.05) is 25.8 Å². The fraction of sp³-hybridized carbons (Fsp3) is 0.440. The van der Waals surface area contributed by atoms with Gasteiger partial charge in [0.15, 0.2) is 0 Å². The lowest BCUT2D eigenvalue weighted by atomic mass is 10.0. The largest absolute Gasteiger partial charge is 0.464 e. The molecule has 2 aromatic carbocycles. The molecule has 3 fully saturated rings. The van der Waals surface area contributed by atoms with Crippen LogP contribution >= 0.6 is 11.3 Å². The smallest absolute Gasteiger partial charge is 0.410 e. The van der Waals surface area contributed by atoms with E-state index in [0.29, 0.717) is 42.3 Å². The summed E-state index contributed by atoms with van der Waals surface area (Å²) in [6, 6.07) is 17.9. The van der Waals surface area contributed by atoms with Crippen LogP contribution in [0.5, 0.6) is 5.75 Å². The number of carbonyl (C=O) groups excluding carboxylic acids is 3. The Morgan fingerprint density at radius 2 is 1.66 bits per heavy atom. The van der Waals surface area contributed by atoms with E-state index in [1.807, 2.05) is 33.0 Å². The molecule has 10 rings (SSSR count). The van der Waals surface area contributed by atoms with Gasteiger partial charge in [-0.2, -0.15) is 0 Å². The number of hydrogen-bond acceptors (Lipinski definition) is 8. The van der Waals surface area contributed by atoms with E-state index in [1.54, 1.807) is 27.2 Å². The van der Waals surface area contributed by atoms with Crippen molar-refractivity contribution < 1.29 is 33.0 Å². The van der Waals surface area contributed by atoms with E-state index in [1.165, 1.54) is 37.7 Å². The van der Waals surface area contributed by atoms with Gasteiger partial charge in [-0.3, -0.25) is 14.3 Å². The summed E-state index contributed by atoms with van der Waals surface area (Å²) in [6.07, 6.45) is 9.12. The predicted octanol–water partition coefficient (Wildman–Crippen LogP) is 11.1. The summed E-state index contributed by atoms with van der Waals surface area (Å²) in [5, 5.41) is 3.45. The minimum atomic E-state index is -0.652. The van der Waals surface area contributed by atoms with Crippen molar-refractivity contribution in [3.05, 3.63) is 93.4 Å². The second-order valence-electron chi connectivity index (χ2n) is 18.8. The molecule has 0 spiro atoms.